The number of pyridine rings is 1. The normalized spacial score (nSPS) is 12.0. The van der Waals surface area contributed by atoms with Crippen LogP contribution < -0.4 is 11.1 Å². The molecule has 0 bridgehead atoms. The zero-order valence-corrected chi connectivity index (χ0v) is 17.8. The van der Waals surface area contributed by atoms with E-state index in [1.807, 2.05) is 0 Å². The number of oxazole rings is 1. The third-order valence-corrected chi connectivity index (χ3v) is 5.73. The lowest BCUT2D eigenvalue weighted by Gasteiger charge is -2.07. The zero-order valence-electron chi connectivity index (χ0n) is 16.2. The van der Waals surface area contributed by atoms with Crippen LogP contribution in [0.25, 0.3) is 28.0 Å². The third-order valence-electron chi connectivity index (χ3n) is 4.69. The number of anilines is 1. The van der Waals surface area contributed by atoms with Crippen LogP contribution in [-0.4, -0.2) is 25.3 Å². The molecule has 0 spiro atoms. The summed E-state index contributed by atoms with van der Waals surface area (Å²) in [4.78, 5) is 34.8. The van der Waals surface area contributed by atoms with E-state index >= 15 is 0 Å². The molecule has 0 atom stereocenters. The molecule has 1 amide bonds. The first-order valence-corrected chi connectivity index (χ1v) is 10.5. The monoisotopic (exact) mass is 493 g/mol. The number of halogens is 4. The molecule has 0 aliphatic rings. The van der Waals surface area contributed by atoms with Gasteiger partial charge in [0.15, 0.2) is 16.4 Å². The Morgan fingerprint density at radius 1 is 1.24 bits per heavy atom. The number of rotatable bonds is 4. The largest absolute Gasteiger partial charge is 0.417 e. The summed E-state index contributed by atoms with van der Waals surface area (Å²) in [6, 6.07) is 5.89. The highest BCUT2D eigenvalue weighted by Crippen LogP contribution is 2.32. The molecule has 0 aliphatic carbocycles. The number of imidazole rings is 1. The van der Waals surface area contributed by atoms with Crippen molar-refractivity contribution in [3.63, 3.8) is 0 Å². The predicted octanol–water partition coefficient (Wildman–Crippen LogP) is 4.75. The second-order valence-electron chi connectivity index (χ2n) is 7.03. The van der Waals surface area contributed by atoms with Crippen LogP contribution in [0.4, 0.5) is 18.3 Å². The molecule has 1 aromatic carbocycles. The van der Waals surface area contributed by atoms with E-state index in [0.29, 0.717) is 27.5 Å². The number of thiazole rings is 1. The summed E-state index contributed by atoms with van der Waals surface area (Å²) in [5.41, 5.74) is 1.66. The fourth-order valence-electron chi connectivity index (χ4n) is 3.24. The molecule has 0 aliphatic heterocycles. The van der Waals surface area contributed by atoms with Gasteiger partial charge in [0.2, 0.25) is 5.91 Å². The quantitative estimate of drug-likeness (QED) is 0.376. The number of hydrogen-bond donors (Lipinski definition) is 2. The highest BCUT2D eigenvalue weighted by Gasteiger charge is 2.32. The molecule has 0 saturated heterocycles. The maximum Gasteiger partial charge on any atom is 0.417 e. The number of hydrogen-bond acceptors (Lipinski definition) is 6. The molecule has 2 N–H and O–H groups in total. The van der Waals surface area contributed by atoms with Crippen molar-refractivity contribution in [1.29, 1.82) is 0 Å². The highest BCUT2D eigenvalue weighted by molar-refractivity contribution is 7.14. The summed E-state index contributed by atoms with van der Waals surface area (Å²) in [7, 11) is 0. The third kappa shape index (κ3) is 4.22. The van der Waals surface area contributed by atoms with Crippen molar-refractivity contribution >= 4 is 50.7 Å². The number of aromatic nitrogens is 4. The van der Waals surface area contributed by atoms with Crippen molar-refractivity contribution in [2.45, 2.75) is 12.6 Å². The van der Waals surface area contributed by atoms with E-state index in [2.05, 4.69) is 20.3 Å². The fraction of sp³-hybridized carbons (Fsp3) is 0.100. The molecule has 4 heterocycles. The molecule has 13 heteroatoms. The Balaban J connectivity index is 1.32. The Bertz CT molecular complexity index is 1580. The van der Waals surface area contributed by atoms with Crippen molar-refractivity contribution in [3.8, 4) is 11.3 Å². The molecule has 4 aromatic heterocycles. The van der Waals surface area contributed by atoms with Crippen LogP contribution in [-0.2, 0) is 17.4 Å². The van der Waals surface area contributed by atoms with Gasteiger partial charge in [0, 0.05) is 23.3 Å². The highest BCUT2D eigenvalue weighted by atomic mass is 35.5. The zero-order chi connectivity index (χ0) is 23.3. The first kappa shape index (κ1) is 21.2. The second kappa shape index (κ2) is 7.74. The Morgan fingerprint density at radius 3 is 2.85 bits per heavy atom. The molecular weight excluding hydrogens is 483 g/mol. The van der Waals surface area contributed by atoms with Crippen LogP contribution in [0.5, 0.6) is 0 Å². The van der Waals surface area contributed by atoms with Gasteiger partial charge in [-0.05, 0) is 18.2 Å². The maximum atomic E-state index is 13.0. The summed E-state index contributed by atoms with van der Waals surface area (Å²) in [6.07, 6.45) is -2.55. The van der Waals surface area contributed by atoms with Crippen LogP contribution in [0.3, 0.4) is 0 Å². The van der Waals surface area contributed by atoms with Gasteiger partial charge < -0.3 is 14.1 Å². The number of fused-ring (bicyclic) bond motifs is 2. The van der Waals surface area contributed by atoms with Gasteiger partial charge in [0.1, 0.15) is 0 Å². The second-order valence-corrected chi connectivity index (χ2v) is 8.29. The Labute approximate surface area is 190 Å². The summed E-state index contributed by atoms with van der Waals surface area (Å²) in [5.74, 6) is -1.00. The Kier molecular flexibility index (Phi) is 4.98. The minimum absolute atomic E-state index is 0.121. The van der Waals surface area contributed by atoms with E-state index in [-0.39, 0.29) is 22.8 Å². The smallest absolute Gasteiger partial charge is 0.408 e. The topological polar surface area (TPSA) is 105 Å². The van der Waals surface area contributed by atoms with Crippen molar-refractivity contribution < 1.29 is 22.4 Å². The van der Waals surface area contributed by atoms with Gasteiger partial charge in [0.05, 0.1) is 33.9 Å². The van der Waals surface area contributed by atoms with E-state index in [0.717, 1.165) is 16.7 Å². The summed E-state index contributed by atoms with van der Waals surface area (Å²) in [6.45, 7) is 0. The van der Waals surface area contributed by atoms with Crippen LogP contribution in [0, 0.1) is 0 Å². The minimum atomic E-state index is -4.56. The molecule has 0 radical (unpaired) electrons. The van der Waals surface area contributed by atoms with Gasteiger partial charge in [-0.3, -0.25) is 9.78 Å². The van der Waals surface area contributed by atoms with Gasteiger partial charge in [-0.25, -0.2) is 14.8 Å². The molecule has 5 aromatic rings. The number of H-pyrrole nitrogens is 1. The number of carbonyl (C=O) groups is 1. The van der Waals surface area contributed by atoms with Gasteiger partial charge in [-0.15, -0.1) is 11.3 Å². The number of aromatic amines is 1. The standard InChI is InChI=1S/C20H11ClF3N5O3S/c21-12-4-10(20(22,23)24)6-29-7-11(25-17(12)29)5-16(30)28-18-26-14(8-33-18)9-1-2-13-15(3-9)32-19(31)27-13/h1-4,6-8H,5H2,(H,27,31)(H,26,28,30). The first-order chi connectivity index (χ1) is 15.7. The first-order valence-electron chi connectivity index (χ1n) is 9.29. The van der Waals surface area contributed by atoms with Gasteiger partial charge >= 0.3 is 11.9 Å². The summed E-state index contributed by atoms with van der Waals surface area (Å²) in [5, 5.41) is 4.53. The van der Waals surface area contributed by atoms with Crippen molar-refractivity contribution in [2.75, 3.05) is 5.32 Å². The molecule has 8 nitrogen and oxygen atoms in total. The van der Waals surface area contributed by atoms with Crippen LogP contribution >= 0.6 is 22.9 Å². The van der Waals surface area contributed by atoms with Gasteiger partial charge in [0.25, 0.3) is 0 Å². The lowest BCUT2D eigenvalue weighted by atomic mass is 10.1. The van der Waals surface area contributed by atoms with E-state index in [1.165, 1.54) is 17.5 Å². The number of amides is 1. The average molecular weight is 494 g/mol. The SMILES string of the molecule is O=C(Cc1cn2cc(C(F)(F)F)cc(Cl)c2n1)Nc1nc(-c2ccc3[nH]c(=O)oc3c2)cs1. The minimum Gasteiger partial charge on any atom is -0.408 e. The van der Waals surface area contributed by atoms with Gasteiger partial charge in [-0.1, -0.05) is 17.7 Å². The van der Waals surface area contributed by atoms with Crippen molar-refractivity contribution in [3.05, 3.63) is 68.9 Å². The van der Waals surface area contributed by atoms with Gasteiger partial charge in [-0.2, -0.15) is 13.2 Å². The Morgan fingerprint density at radius 2 is 2.06 bits per heavy atom. The summed E-state index contributed by atoms with van der Waals surface area (Å²) >= 11 is 7.12. The molecule has 5 rings (SSSR count). The van der Waals surface area contributed by atoms with Crippen LogP contribution in [0.15, 0.2) is 51.3 Å². The van der Waals surface area contributed by atoms with Crippen molar-refractivity contribution in [2.24, 2.45) is 0 Å². The van der Waals surface area contributed by atoms with E-state index in [9.17, 15) is 22.8 Å². The lowest BCUT2D eigenvalue weighted by Crippen LogP contribution is -2.14. The number of nitrogens with one attached hydrogen (secondary N) is 2. The number of alkyl halides is 3. The molecule has 33 heavy (non-hydrogen) atoms. The molecule has 168 valence electrons. The average Bonchev–Trinajstić information content (AvgIpc) is 3.44. The fourth-order valence-corrected chi connectivity index (χ4v) is 4.24. The van der Waals surface area contributed by atoms with Crippen LogP contribution in [0.2, 0.25) is 5.02 Å². The lowest BCUT2D eigenvalue weighted by molar-refractivity contribution is -0.137. The molecule has 0 unspecified atom stereocenters. The molecular formula is C20H11ClF3N5O3S. The van der Waals surface area contributed by atoms with E-state index in [4.69, 9.17) is 16.0 Å². The van der Waals surface area contributed by atoms with Crippen LogP contribution in [0.1, 0.15) is 11.3 Å². The van der Waals surface area contributed by atoms with E-state index in [1.54, 1.807) is 23.6 Å². The molecule has 0 saturated carbocycles. The summed E-state index contributed by atoms with van der Waals surface area (Å²) < 4.78 is 45.1. The molecule has 0 fully saturated rings. The van der Waals surface area contributed by atoms with Crippen molar-refractivity contribution in [1.82, 2.24) is 19.4 Å². The maximum absolute atomic E-state index is 13.0. The number of benzene rings is 1. The predicted molar refractivity (Wildman–Crippen MR) is 115 cm³/mol. The Hall–Kier alpha value is -3.64. The number of nitrogens with zero attached hydrogens (tertiary/aromatic N) is 3. The van der Waals surface area contributed by atoms with E-state index < -0.39 is 23.4 Å². The number of carbonyl (C=O) groups excluding carboxylic acids is 1.